The first-order chi connectivity index (χ1) is 10.2. The molecule has 3 rings (SSSR count). The maximum atomic E-state index is 12.3. The van der Waals surface area contributed by atoms with Crippen LogP contribution in [-0.4, -0.2) is 10.8 Å². The number of hydrogen-bond acceptors (Lipinski definition) is 3. The lowest BCUT2D eigenvalue weighted by Gasteiger charge is -2.02. The molecule has 2 aromatic carbocycles. The number of carbonyl (C=O) groups excluding carboxylic acids is 1. The Morgan fingerprint density at radius 1 is 1.00 bits per heavy atom. The first-order valence-corrected chi connectivity index (χ1v) is 6.65. The summed E-state index contributed by atoms with van der Waals surface area (Å²) in [5.74, 6) is -0.0591. The molecule has 0 fully saturated rings. The molecule has 0 aliphatic heterocycles. The Bertz CT molecular complexity index is 815. The number of nitrogens with two attached hydrogens (primary N) is 1. The lowest BCUT2D eigenvalue weighted by Crippen LogP contribution is -1.96. The van der Waals surface area contributed by atoms with Gasteiger partial charge in [-0.2, -0.15) is 0 Å². The van der Waals surface area contributed by atoms with Crippen LogP contribution in [0.3, 0.4) is 0 Å². The molecule has 0 aliphatic carbocycles. The van der Waals surface area contributed by atoms with Gasteiger partial charge in [0.1, 0.15) is 0 Å². The van der Waals surface area contributed by atoms with Crippen LogP contribution in [0.15, 0.2) is 67.0 Å². The van der Waals surface area contributed by atoms with Gasteiger partial charge in [-0.1, -0.05) is 42.5 Å². The number of nitrogens with zero attached hydrogens (tertiary/aromatic N) is 1. The van der Waals surface area contributed by atoms with Crippen molar-refractivity contribution in [1.82, 2.24) is 4.98 Å². The second-order valence-corrected chi connectivity index (χ2v) is 4.77. The van der Waals surface area contributed by atoms with Crippen molar-refractivity contribution in [2.24, 2.45) is 0 Å². The van der Waals surface area contributed by atoms with Gasteiger partial charge in [0, 0.05) is 29.0 Å². The molecule has 0 atom stereocenters. The molecule has 0 amide bonds. The highest BCUT2D eigenvalue weighted by Crippen LogP contribution is 2.18. The summed E-state index contributed by atoms with van der Waals surface area (Å²) in [6.07, 6.45) is 6.71. The molecule has 1 aromatic heterocycles. The van der Waals surface area contributed by atoms with Crippen LogP contribution in [0.25, 0.3) is 16.8 Å². The second kappa shape index (κ2) is 5.59. The van der Waals surface area contributed by atoms with Gasteiger partial charge in [-0.05, 0) is 29.2 Å². The molecule has 3 aromatic rings. The van der Waals surface area contributed by atoms with Crippen molar-refractivity contribution < 1.29 is 4.79 Å². The highest BCUT2D eigenvalue weighted by Gasteiger charge is 2.07. The molecular formula is C18H14N2O. The molecule has 0 aliphatic rings. The number of anilines is 1. The number of hydrogen-bond donors (Lipinski definition) is 1. The summed E-state index contributed by atoms with van der Waals surface area (Å²) in [5, 5.41) is 1.88. The van der Waals surface area contributed by atoms with E-state index in [1.54, 1.807) is 24.5 Å². The fraction of sp³-hybridized carbons (Fsp3) is 0. The highest BCUT2D eigenvalue weighted by molar-refractivity contribution is 6.14. The maximum Gasteiger partial charge on any atom is 0.188 e. The van der Waals surface area contributed by atoms with Crippen molar-refractivity contribution in [3.8, 4) is 0 Å². The van der Waals surface area contributed by atoms with Gasteiger partial charge in [-0.25, -0.2) is 0 Å². The van der Waals surface area contributed by atoms with E-state index in [2.05, 4.69) is 4.98 Å². The third-order valence-electron chi connectivity index (χ3n) is 3.30. The fourth-order valence-electron chi connectivity index (χ4n) is 2.18. The molecule has 3 nitrogen and oxygen atoms in total. The number of benzene rings is 2. The number of pyridine rings is 1. The predicted molar refractivity (Wildman–Crippen MR) is 86.0 cm³/mol. The van der Waals surface area contributed by atoms with E-state index >= 15 is 0 Å². The molecule has 102 valence electrons. The van der Waals surface area contributed by atoms with Gasteiger partial charge in [-0.15, -0.1) is 0 Å². The summed E-state index contributed by atoms with van der Waals surface area (Å²) in [7, 11) is 0. The van der Waals surface area contributed by atoms with Crippen LogP contribution < -0.4 is 5.73 Å². The Morgan fingerprint density at radius 3 is 2.57 bits per heavy atom. The summed E-state index contributed by atoms with van der Waals surface area (Å²) in [6, 6.07) is 15.1. The van der Waals surface area contributed by atoms with Crippen molar-refractivity contribution in [3.63, 3.8) is 0 Å². The molecule has 0 saturated carbocycles. The minimum atomic E-state index is -0.0591. The Labute approximate surface area is 122 Å². The first-order valence-electron chi connectivity index (χ1n) is 6.65. The average molecular weight is 274 g/mol. The molecule has 3 heteroatoms. The summed E-state index contributed by atoms with van der Waals surface area (Å²) in [4.78, 5) is 16.5. The average Bonchev–Trinajstić information content (AvgIpc) is 2.53. The molecular weight excluding hydrogens is 260 g/mol. The van der Waals surface area contributed by atoms with Crippen molar-refractivity contribution in [2.45, 2.75) is 0 Å². The van der Waals surface area contributed by atoms with Gasteiger partial charge in [0.15, 0.2) is 5.78 Å². The zero-order chi connectivity index (χ0) is 14.7. The number of ketones is 1. The summed E-state index contributed by atoms with van der Waals surface area (Å²) < 4.78 is 0. The first kappa shape index (κ1) is 13.1. The SMILES string of the molecule is Nc1ccc(/C=C/C(=O)c2cncc3ccccc23)cc1. The normalized spacial score (nSPS) is 11.0. The van der Waals surface area contributed by atoms with Gasteiger partial charge >= 0.3 is 0 Å². The smallest absolute Gasteiger partial charge is 0.188 e. The molecule has 0 bridgehead atoms. The summed E-state index contributed by atoms with van der Waals surface area (Å²) in [6.45, 7) is 0. The highest BCUT2D eigenvalue weighted by atomic mass is 16.1. The van der Waals surface area contributed by atoms with Gasteiger partial charge < -0.3 is 5.73 Å². The number of nitrogen functional groups attached to an aromatic ring is 1. The minimum Gasteiger partial charge on any atom is -0.399 e. The van der Waals surface area contributed by atoms with Gasteiger partial charge in [0.2, 0.25) is 0 Å². The van der Waals surface area contributed by atoms with Crippen molar-refractivity contribution >= 4 is 28.3 Å². The van der Waals surface area contributed by atoms with Crippen LogP contribution >= 0.6 is 0 Å². The lowest BCUT2D eigenvalue weighted by atomic mass is 10.0. The molecule has 0 unspecified atom stereocenters. The van der Waals surface area contributed by atoms with Crippen LogP contribution in [-0.2, 0) is 0 Å². The van der Waals surface area contributed by atoms with Gasteiger partial charge in [0.25, 0.3) is 0 Å². The van der Waals surface area contributed by atoms with E-state index < -0.39 is 0 Å². The van der Waals surface area contributed by atoms with Crippen LogP contribution in [0.2, 0.25) is 0 Å². The third kappa shape index (κ3) is 2.82. The third-order valence-corrected chi connectivity index (χ3v) is 3.30. The predicted octanol–water partition coefficient (Wildman–Crippen LogP) is 3.71. The van der Waals surface area contributed by atoms with E-state index in [1.807, 2.05) is 48.5 Å². The molecule has 1 heterocycles. The Kier molecular flexibility index (Phi) is 3.48. The number of aromatic nitrogens is 1. The van der Waals surface area contributed by atoms with Crippen LogP contribution in [0.1, 0.15) is 15.9 Å². The standard InChI is InChI=1S/C18H14N2O/c19-15-8-5-13(6-9-15)7-10-18(21)17-12-20-11-14-3-1-2-4-16(14)17/h1-12H,19H2/b10-7+. The quantitative estimate of drug-likeness (QED) is 0.450. The van der Waals surface area contributed by atoms with Gasteiger partial charge in [0.05, 0.1) is 0 Å². The number of rotatable bonds is 3. The van der Waals surface area contributed by atoms with E-state index in [1.165, 1.54) is 0 Å². The zero-order valence-corrected chi connectivity index (χ0v) is 11.4. The Morgan fingerprint density at radius 2 is 1.76 bits per heavy atom. The van der Waals surface area contributed by atoms with Crippen molar-refractivity contribution in [2.75, 3.05) is 5.73 Å². The van der Waals surface area contributed by atoms with E-state index in [0.717, 1.165) is 16.3 Å². The topological polar surface area (TPSA) is 56.0 Å². The number of fused-ring (bicyclic) bond motifs is 1. The van der Waals surface area contributed by atoms with E-state index in [4.69, 9.17) is 5.73 Å². The Hall–Kier alpha value is -2.94. The maximum absolute atomic E-state index is 12.3. The summed E-state index contributed by atoms with van der Waals surface area (Å²) >= 11 is 0. The molecule has 0 radical (unpaired) electrons. The summed E-state index contributed by atoms with van der Waals surface area (Å²) in [5.41, 5.74) is 7.89. The molecule has 21 heavy (non-hydrogen) atoms. The Balaban J connectivity index is 1.92. The number of allylic oxidation sites excluding steroid dienone is 1. The molecule has 0 saturated heterocycles. The lowest BCUT2D eigenvalue weighted by molar-refractivity contribution is 0.104. The molecule has 0 spiro atoms. The van der Waals surface area contributed by atoms with Crippen LogP contribution in [0.5, 0.6) is 0 Å². The second-order valence-electron chi connectivity index (χ2n) is 4.77. The van der Waals surface area contributed by atoms with E-state index in [-0.39, 0.29) is 5.78 Å². The molecule has 2 N–H and O–H groups in total. The fourth-order valence-corrected chi connectivity index (χ4v) is 2.18. The number of carbonyl (C=O) groups is 1. The van der Waals surface area contributed by atoms with Crippen molar-refractivity contribution in [3.05, 3.63) is 78.1 Å². The van der Waals surface area contributed by atoms with Gasteiger partial charge in [-0.3, -0.25) is 9.78 Å². The van der Waals surface area contributed by atoms with E-state index in [0.29, 0.717) is 11.3 Å². The largest absolute Gasteiger partial charge is 0.399 e. The van der Waals surface area contributed by atoms with Crippen LogP contribution in [0.4, 0.5) is 5.69 Å². The van der Waals surface area contributed by atoms with E-state index in [9.17, 15) is 4.79 Å². The monoisotopic (exact) mass is 274 g/mol. The zero-order valence-electron chi connectivity index (χ0n) is 11.4. The minimum absolute atomic E-state index is 0.0591. The van der Waals surface area contributed by atoms with Crippen molar-refractivity contribution in [1.29, 1.82) is 0 Å². The van der Waals surface area contributed by atoms with Crippen LogP contribution in [0, 0.1) is 0 Å².